The molecule has 6 aromatic rings. The lowest BCUT2D eigenvalue weighted by Gasteiger charge is -2.22. The van der Waals surface area contributed by atoms with Crippen molar-refractivity contribution in [3.8, 4) is 0 Å². The predicted molar refractivity (Wildman–Crippen MR) is 208 cm³/mol. The van der Waals surface area contributed by atoms with Crippen molar-refractivity contribution < 1.29 is 28.7 Å². The Labute approximate surface area is 309 Å². The summed E-state index contributed by atoms with van der Waals surface area (Å²) >= 11 is 0. The average Bonchev–Trinajstić information content (AvgIpc) is 3.19. The number of esters is 1. The summed E-state index contributed by atoms with van der Waals surface area (Å²) in [6.07, 6.45) is 2.64. The van der Waals surface area contributed by atoms with Gasteiger partial charge in [0.1, 0.15) is 18.7 Å². The largest absolute Gasteiger partial charge is 0.467 e. The van der Waals surface area contributed by atoms with Crippen LogP contribution in [0.2, 0.25) is 0 Å². The smallest absolute Gasteiger partial charge is 0.407 e. The lowest BCUT2D eigenvalue weighted by molar-refractivity contribution is -0.145. The Morgan fingerprint density at radius 3 is 2.02 bits per heavy atom. The Bertz CT molecular complexity index is 2140. The first-order valence-corrected chi connectivity index (χ1v) is 18.2. The van der Waals surface area contributed by atoms with Crippen molar-refractivity contribution in [2.45, 2.75) is 63.6 Å². The van der Waals surface area contributed by atoms with Crippen LogP contribution in [-0.2, 0) is 43.3 Å². The molecule has 3 amide bonds. The molecule has 0 aliphatic heterocycles. The molecule has 6 rings (SSSR count). The number of hydrogen-bond donors (Lipinski definition) is 3. The lowest BCUT2D eigenvalue weighted by atomic mass is 9.90. The second kappa shape index (κ2) is 18.0. The third kappa shape index (κ3) is 9.68. The Balaban J connectivity index is 1.06. The van der Waals surface area contributed by atoms with E-state index in [1.54, 1.807) is 0 Å². The topological polar surface area (TPSA) is 123 Å². The second-order valence-corrected chi connectivity index (χ2v) is 13.3. The van der Waals surface area contributed by atoms with Crippen LogP contribution in [-0.4, -0.2) is 49.6 Å². The molecule has 0 radical (unpaired) electrons. The van der Waals surface area contributed by atoms with E-state index in [4.69, 9.17) is 9.47 Å². The van der Waals surface area contributed by atoms with Gasteiger partial charge in [-0.3, -0.25) is 9.59 Å². The zero-order valence-electron chi connectivity index (χ0n) is 29.9. The number of benzene rings is 6. The summed E-state index contributed by atoms with van der Waals surface area (Å²) in [7, 11) is 1.28. The number of nitrogens with one attached hydrogen (secondary N) is 3. The highest BCUT2D eigenvalue weighted by atomic mass is 16.5. The van der Waals surface area contributed by atoms with Crippen LogP contribution < -0.4 is 16.0 Å². The van der Waals surface area contributed by atoms with Crippen molar-refractivity contribution in [3.05, 3.63) is 132 Å². The van der Waals surface area contributed by atoms with E-state index in [1.165, 1.54) is 45.0 Å². The van der Waals surface area contributed by atoms with Gasteiger partial charge in [-0.15, -0.1) is 0 Å². The molecule has 6 aromatic carbocycles. The van der Waals surface area contributed by atoms with Crippen LogP contribution in [0, 0.1) is 0 Å². The Kier molecular flexibility index (Phi) is 12.5. The zero-order chi connectivity index (χ0) is 37.0. The monoisotopic (exact) mass is 711 g/mol. The van der Waals surface area contributed by atoms with Gasteiger partial charge < -0.3 is 25.4 Å². The maximum atomic E-state index is 13.7. The minimum absolute atomic E-state index is 0.169. The Morgan fingerprint density at radius 1 is 0.642 bits per heavy atom. The summed E-state index contributed by atoms with van der Waals surface area (Å²) in [5, 5.41) is 15.8. The second-order valence-electron chi connectivity index (χ2n) is 13.3. The molecule has 0 spiro atoms. The van der Waals surface area contributed by atoms with Gasteiger partial charge in [0.15, 0.2) is 0 Å². The van der Waals surface area contributed by atoms with Gasteiger partial charge in [0.25, 0.3) is 0 Å². The summed E-state index contributed by atoms with van der Waals surface area (Å²) in [4.78, 5) is 51.9. The van der Waals surface area contributed by atoms with Gasteiger partial charge in [0.2, 0.25) is 11.8 Å². The molecule has 3 N–H and O–H groups in total. The molecule has 9 heteroatoms. The number of carbonyl (C=O) groups is 4. The summed E-state index contributed by atoms with van der Waals surface area (Å²) in [6.45, 7) is 0.510. The van der Waals surface area contributed by atoms with Crippen LogP contribution in [0.15, 0.2) is 115 Å². The zero-order valence-corrected chi connectivity index (χ0v) is 29.9. The molecule has 0 saturated carbocycles. The lowest BCUT2D eigenvalue weighted by Crippen LogP contribution is -2.52. The highest BCUT2D eigenvalue weighted by Gasteiger charge is 2.27. The van der Waals surface area contributed by atoms with Gasteiger partial charge in [-0.1, -0.05) is 115 Å². The van der Waals surface area contributed by atoms with Crippen LogP contribution in [0.5, 0.6) is 0 Å². The molecule has 9 nitrogen and oxygen atoms in total. The van der Waals surface area contributed by atoms with E-state index >= 15 is 0 Å². The fraction of sp³-hybridized carbons (Fsp3) is 0.273. The molecule has 0 saturated heterocycles. The Hall–Kier alpha value is -5.96. The number of rotatable bonds is 17. The van der Waals surface area contributed by atoms with Gasteiger partial charge in [-0.25, -0.2) is 9.59 Å². The number of ether oxygens (including phenoxy) is 2. The molecule has 2 atom stereocenters. The number of hydrogen-bond acceptors (Lipinski definition) is 6. The summed E-state index contributed by atoms with van der Waals surface area (Å²) < 4.78 is 10.3. The third-order valence-electron chi connectivity index (χ3n) is 9.61. The van der Waals surface area contributed by atoms with Crippen molar-refractivity contribution in [2.75, 3.05) is 13.7 Å². The molecular weight excluding hydrogens is 666 g/mol. The quantitative estimate of drug-likeness (QED) is 0.0516. The molecule has 0 fully saturated rings. The van der Waals surface area contributed by atoms with E-state index in [-0.39, 0.29) is 25.4 Å². The van der Waals surface area contributed by atoms with Gasteiger partial charge in [0, 0.05) is 19.4 Å². The predicted octanol–water partition coefficient (Wildman–Crippen LogP) is 7.39. The minimum Gasteiger partial charge on any atom is -0.467 e. The fourth-order valence-electron chi connectivity index (χ4n) is 6.88. The summed E-state index contributed by atoms with van der Waals surface area (Å²) in [5.41, 5.74) is 2.93. The molecule has 272 valence electrons. The molecule has 53 heavy (non-hydrogen) atoms. The van der Waals surface area contributed by atoms with E-state index < -0.39 is 30.1 Å². The van der Waals surface area contributed by atoms with Crippen molar-refractivity contribution >= 4 is 56.2 Å². The van der Waals surface area contributed by atoms with E-state index in [0.29, 0.717) is 38.6 Å². The molecule has 0 aliphatic carbocycles. The first-order chi connectivity index (χ1) is 25.9. The maximum absolute atomic E-state index is 13.7. The normalized spacial score (nSPS) is 12.3. The molecule has 0 unspecified atom stereocenters. The van der Waals surface area contributed by atoms with E-state index in [0.717, 1.165) is 11.1 Å². The van der Waals surface area contributed by atoms with E-state index in [2.05, 4.69) is 70.5 Å². The highest BCUT2D eigenvalue weighted by Crippen LogP contribution is 2.36. The van der Waals surface area contributed by atoms with Crippen LogP contribution in [0.25, 0.3) is 32.3 Å². The fourth-order valence-corrected chi connectivity index (χ4v) is 6.88. The average molecular weight is 712 g/mol. The number of alkyl carbamates (subject to hydrolysis) is 1. The number of unbranched alkanes of at least 4 members (excludes halogenated alkanes) is 1. The number of carbonyl (C=O) groups excluding carboxylic acids is 4. The van der Waals surface area contributed by atoms with Crippen molar-refractivity contribution in [2.24, 2.45) is 0 Å². The molecule has 0 bridgehead atoms. The first kappa shape index (κ1) is 36.8. The first-order valence-electron chi connectivity index (χ1n) is 18.2. The standard InChI is InChI=1S/C44H45N3O6/c1-52-43(50)38(28-30-12-4-2-5-13-30)47-42(49)37(19-8-9-27-45-44(51)53-29-31-14-6-3-7-15-31)46-39(48)20-11-16-32-21-22-35-24-23-33-17-10-18-34-25-26-36(32)41(35)40(33)34/h2-7,10,12-15,17-18,21-26,37-38H,8-9,11,16,19-20,27-29H2,1H3,(H,45,51)(H,46,48)(H,47,49)/t37-,38-/m0/s1. The van der Waals surface area contributed by atoms with Crippen LogP contribution >= 0.6 is 0 Å². The molecule has 0 aliphatic rings. The molecule has 0 heterocycles. The van der Waals surface area contributed by atoms with Gasteiger partial charge in [0.05, 0.1) is 7.11 Å². The van der Waals surface area contributed by atoms with Crippen LogP contribution in [0.4, 0.5) is 4.79 Å². The number of amides is 3. The maximum Gasteiger partial charge on any atom is 0.407 e. The number of aryl methyl sites for hydroxylation is 1. The SMILES string of the molecule is COC(=O)[C@H](Cc1ccccc1)NC(=O)[C@H](CCCCNC(=O)OCc1ccccc1)NC(=O)CCCc1ccc2ccc3cccc4ccc1c2c34. The molecular formula is C44H45N3O6. The third-order valence-corrected chi connectivity index (χ3v) is 9.61. The van der Waals surface area contributed by atoms with Crippen molar-refractivity contribution in [3.63, 3.8) is 0 Å². The van der Waals surface area contributed by atoms with Gasteiger partial charge in [-0.05, 0) is 81.1 Å². The van der Waals surface area contributed by atoms with E-state index in [9.17, 15) is 19.2 Å². The minimum atomic E-state index is -0.926. The molecule has 0 aromatic heterocycles. The number of methoxy groups -OCH3 is 1. The van der Waals surface area contributed by atoms with Crippen molar-refractivity contribution in [1.82, 2.24) is 16.0 Å². The van der Waals surface area contributed by atoms with Crippen molar-refractivity contribution in [1.29, 1.82) is 0 Å². The van der Waals surface area contributed by atoms with Gasteiger partial charge >= 0.3 is 12.1 Å². The van der Waals surface area contributed by atoms with E-state index in [1.807, 2.05) is 60.7 Å². The summed E-state index contributed by atoms with van der Waals surface area (Å²) in [5.74, 6) is -1.28. The highest BCUT2D eigenvalue weighted by molar-refractivity contribution is 6.23. The summed E-state index contributed by atoms with van der Waals surface area (Å²) in [6, 6.07) is 36.2. The van der Waals surface area contributed by atoms with Crippen LogP contribution in [0.1, 0.15) is 48.8 Å². The van der Waals surface area contributed by atoms with Crippen LogP contribution in [0.3, 0.4) is 0 Å². The Morgan fingerprint density at radius 2 is 1.30 bits per heavy atom. The van der Waals surface area contributed by atoms with Gasteiger partial charge in [-0.2, -0.15) is 0 Å².